The van der Waals surface area contributed by atoms with Crippen LogP contribution in [0, 0.1) is 0 Å². The van der Waals surface area contributed by atoms with E-state index in [9.17, 15) is 14.7 Å². The zero-order valence-electron chi connectivity index (χ0n) is 18.1. The van der Waals surface area contributed by atoms with Crippen LogP contribution in [0.3, 0.4) is 0 Å². The normalized spacial score (nSPS) is 12.4. The van der Waals surface area contributed by atoms with Crippen molar-refractivity contribution in [1.82, 2.24) is 10.3 Å². The van der Waals surface area contributed by atoms with Crippen molar-refractivity contribution >= 4 is 22.6 Å². The lowest BCUT2D eigenvalue weighted by Gasteiger charge is -2.22. The van der Waals surface area contributed by atoms with Crippen LogP contribution in [0.4, 0.5) is 4.79 Å². The number of hydrogen-bond acceptors (Lipinski definition) is 5. The van der Waals surface area contributed by atoms with E-state index in [4.69, 9.17) is 4.74 Å². The van der Waals surface area contributed by atoms with E-state index in [1.54, 1.807) is 45.3 Å². The van der Waals surface area contributed by atoms with Crippen molar-refractivity contribution in [2.75, 3.05) is 6.54 Å². The zero-order valence-corrected chi connectivity index (χ0v) is 18.1. The molecular weight excluding hydrogens is 392 g/mol. The summed E-state index contributed by atoms with van der Waals surface area (Å²) < 4.78 is 5.31. The molecule has 6 heteroatoms. The Bertz CT molecular complexity index is 1060. The van der Waals surface area contributed by atoms with E-state index in [0.29, 0.717) is 0 Å². The van der Waals surface area contributed by atoms with Gasteiger partial charge in [-0.05, 0) is 48.9 Å². The summed E-state index contributed by atoms with van der Waals surface area (Å²) in [5.74, 6) is -0.547. The molecule has 2 aromatic carbocycles. The summed E-state index contributed by atoms with van der Waals surface area (Å²) in [6.45, 7) is 5.43. The second-order valence-electron chi connectivity index (χ2n) is 8.54. The van der Waals surface area contributed by atoms with Gasteiger partial charge < -0.3 is 15.2 Å². The second kappa shape index (κ2) is 9.71. The highest BCUT2D eigenvalue weighted by Crippen LogP contribution is 2.22. The Morgan fingerprint density at radius 1 is 1.03 bits per heavy atom. The number of aromatic nitrogens is 1. The van der Waals surface area contributed by atoms with Crippen LogP contribution in [0.1, 0.15) is 43.4 Å². The average Bonchev–Trinajstić information content (AvgIpc) is 2.73. The van der Waals surface area contributed by atoms with E-state index in [-0.39, 0.29) is 25.4 Å². The number of hydrogen-bond donors (Lipinski definition) is 2. The number of ether oxygens (including phenoxy) is 1. The molecule has 0 fully saturated rings. The lowest BCUT2D eigenvalue weighted by Crippen LogP contribution is -2.36. The molecule has 0 bridgehead atoms. The lowest BCUT2D eigenvalue weighted by molar-refractivity contribution is -0.119. The minimum Gasteiger partial charge on any atom is -0.444 e. The van der Waals surface area contributed by atoms with Gasteiger partial charge in [-0.1, -0.05) is 42.5 Å². The smallest absolute Gasteiger partial charge is 0.407 e. The molecule has 0 saturated heterocycles. The summed E-state index contributed by atoms with van der Waals surface area (Å²) in [6.07, 6.45) is 3.19. The number of amides is 1. The predicted molar refractivity (Wildman–Crippen MR) is 120 cm³/mol. The molecule has 1 heterocycles. The van der Waals surface area contributed by atoms with Gasteiger partial charge in [0, 0.05) is 30.7 Å². The van der Waals surface area contributed by atoms with Crippen LogP contribution in [-0.4, -0.2) is 34.1 Å². The molecule has 0 aliphatic rings. The first kappa shape index (κ1) is 22.4. The first-order chi connectivity index (χ1) is 14.7. The van der Waals surface area contributed by atoms with Crippen LogP contribution >= 0.6 is 0 Å². The van der Waals surface area contributed by atoms with Gasteiger partial charge in [-0.25, -0.2) is 4.79 Å². The van der Waals surface area contributed by atoms with E-state index in [1.807, 2.05) is 36.4 Å². The Morgan fingerprint density at radius 3 is 2.42 bits per heavy atom. The summed E-state index contributed by atoms with van der Waals surface area (Å²) in [7, 11) is 0. The molecule has 162 valence electrons. The minimum absolute atomic E-state index is 0.0128. The molecule has 3 aromatic rings. The summed E-state index contributed by atoms with van der Waals surface area (Å²) >= 11 is 0. The highest BCUT2D eigenvalue weighted by atomic mass is 16.6. The van der Waals surface area contributed by atoms with Gasteiger partial charge >= 0.3 is 6.09 Å². The standard InChI is InChI=1S/C25H28N2O4/c1-25(2,3)31-24(30)27-15-22(19-7-4-17(16-28)5-8-19)23(29)13-18-6-9-21-14-26-11-10-20(21)12-18/h4-12,14,22,28H,13,15-16H2,1-3H3,(H,27,30). The summed E-state index contributed by atoms with van der Waals surface area (Å²) in [5.41, 5.74) is 1.83. The van der Waals surface area contributed by atoms with E-state index < -0.39 is 17.6 Å². The van der Waals surface area contributed by atoms with Crippen LogP contribution in [0.15, 0.2) is 60.9 Å². The van der Waals surface area contributed by atoms with Gasteiger partial charge in [0.05, 0.1) is 12.5 Å². The summed E-state index contributed by atoms with van der Waals surface area (Å²) in [5, 5.41) is 14.1. The van der Waals surface area contributed by atoms with E-state index in [2.05, 4.69) is 10.3 Å². The van der Waals surface area contributed by atoms with Gasteiger partial charge in [-0.3, -0.25) is 9.78 Å². The maximum absolute atomic E-state index is 13.2. The van der Waals surface area contributed by atoms with Crippen molar-refractivity contribution in [2.24, 2.45) is 0 Å². The predicted octanol–water partition coefficient (Wildman–Crippen LogP) is 4.15. The molecule has 0 radical (unpaired) electrons. The van der Waals surface area contributed by atoms with Crippen molar-refractivity contribution < 1.29 is 19.4 Å². The van der Waals surface area contributed by atoms with Crippen molar-refractivity contribution in [3.8, 4) is 0 Å². The highest BCUT2D eigenvalue weighted by Gasteiger charge is 2.23. The summed E-state index contributed by atoms with van der Waals surface area (Å²) in [4.78, 5) is 29.5. The van der Waals surface area contributed by atoms with Gasteiger partial charge in [0.1, 0.15) is 11.4 Å². The van der Waals surface area contributed by atoms with Gasteiger partial charge in [0.15, 0.2) is 0 Å². The Balaban J connectivity index is 1.79. The quantitative estimate of drug-likeness (QED) is 0.600. The second-order valence-corrected chi connectivity index (χ2v) is 8.54. The largest absolute Gasteiger partial charge is 0.444 e. The fraction of sp³-hybridized carbons (Fsp3) is 0.320. The molecule has 2 N–H and O–H groups in total. The first-order valence-electron chi connectivity index (χ1n) is 10.3. The zero-order chi connectivity index (χ0) is 22.4. The Morgan fingerprint density at radius 2 is 1.74 bits per heavy atom. The molecule has 31 heavy (non-hydrogen) atoms. The molecule has 1 unspecified atom stereocenters. The number of alkyl carbamates (subject to hydrolysis) is 1. The topological polar surface area (TPSA) is 88.5 Å². The Hall–Kier alpha value is -3.25. The van der Waals surface area contributed by atoms with Crippen molar-refractivity contribution in [1.29, 1.82) is 0 Å². The molecule has 1 amide bonds. The Kier molecular flexibility index (Phi) is 7.02. The number of benzene rings is 2. The maximum Gasteiger partial charge on any atom is 0.407 e. The molecule has 0 aliphatic carbocycles. The van der Waals surface area contributed by atoms with Gasteiger partial charge in [0.2, 0.25) is 0 Å². The van der Waals surface area contributed by atoms with E-state index in [1.165, 1.54) is 0 Å². The highest BCUT2D eigenvalue weighted by molar-refractivity contribution is 5.90. The van der Waals surface area contributed by atoms with Gasteiger partial charge in [-0.15, -0.1) is 0 Å². The third kappa shape index (κ3) is 6.36. The molecule has 0 spiro atoms. The van der Waals surface area contributed by atoms with Crippen molar-refractivity contribution in [3.63, 3.8) is 0 Å². The minimum atomic E-state index is -0.619. The number of aliphatic hydroxyl groups is 1. The van der Waals surface area contributed by atoms with Crippen LogP contribution in [0.25, 0.3) is 10.8 Å². The molecule has 0 saturated carbocycles. The number of carbonyl (C=O) groups is 2. The molecule has 3 rings (SSSR count). The monoisotopic (exact) mass is 420 g/mol. The molecule has 0 aliphatic heterocycles. The van der Waals surface area contributed by atoms with Crippen LogP contribution in [-0.2, 0) is 22.6 Å². The number of rotatable bonds is 7. The number of ketones is 1. The number of aliphatic hydroxyl groups excluding tert-OH is 1. The van der Waals surface area contributed by atoms with E-state index in [0.717, 1.165) is 27.5 Å². The summed E-state index contributed by atoms with van der Waals surface area (Å²) in [6, 6.07) is 15.0. The number of fused-ring (bicyclic) bond motifs is 1. The fourth-order valence-corrected chi connectivity index (χ4v) is 3.34. The van der Waals surface area contributed by atoms with Crippen molar-refractivity contribution in [3.05, 3.63) is 77.6 Å². The van der Waals surface area contributed by atoms with Crippen LogP contribution in [0.5, 0.6) is 0 Å². The third-order valence-corrected chi connectivity index (χ3v) is 4.89. The average molecular weight is 421 g/mol. The van der Waals surface area contributed by atoms with Gasteiger partial charge in [0.25, 0.3) is 0 Å². The molecule has 1 aromatic heterocycles. The lowest BCUT2D eigenvalue weighted by atomic mass is 9.90. The number of nitrogens with zero attached hydrogens (tertiary/aromatic N) is 1. The number of pyridine rings is 1. The van der Waals surface area contributed by atoms with E-state index >= 15 is 0 Å². The fourth-order valence-electron chi connectivity index (χ4n) is 3.34. The number of nitrogens with one attached hydrogen (secondary N) is 1. The first-order valence-corrected chi connectivity index (χ1v) is 10.3. The van der Waals surface area contributed by atoms with Crippen LogP contribution in [0.2, 0.25) is 0 Å². The molecule has 6 nitrogen and oxygen atoms in total. The Labute approximate surface area is 182 Å². The van der Waals surface area contributed by atoms with Crippen molar-refractivity contribution in [2.45, 2.75) is 45.3 Å². The molecule has 1 atom stereocenters. The van der Waals surface area contributed by atoms with Gasteiger partial charge in [-0.2, -0.15) is 0 Å². The third-order valence-electron chi connectivity index (χ3n) is 4.89. The number of Topliss-reactive ketones (excluding diaryl/α,β-unsaturated/α-hetero) is 1. The molecular formula is C25H28N2O4. The number of carbonyl (C=O) groups excluding carboxylic acids is 2. The maximum atomic E-state index is 13.2. The SMILES string of the molecule is CC(C)(C)OC(=O)NCC(C(=O)Cc1ccc2cnccc2c1)c1ccc(CO)cc1. The van der Waals surface area contributed by atoms with Crippen LogP contribution < -0.4 is 5.32 Å².